The van der Waals surface area contributed by atoms with Gasteiger partial charge in [-0.25, -0.2) is 4.39 Å². The van der Waals surface area contributed by atoms with E-state index < -0.39 is 41.5 Å². The number of phenols is 1. The molecule has 2 aliphatic heterocycles. The molecule has 2 aromatic carbocycles. The number of amidine groups is 1. The molecule has 0 spiro atoms. The van der Waals surface area contributed by atoms with Crippen molar-refractivity contribution < 1.29 is 27.8 Å². The second-order valence-corrected chi connectivity index (χ2v) is 9.64. The molecule has 3 atom stereocenters. The summed E-state index contributed by atoms with van der Waals surface area (Å²) in [5.41, 5.74) is -1.86. The number of phenolic OH excluding ortho intramolecular Hbond substituents is 1. The van der Waals surface area contributed by atoms with E-state index in [1.54, 1.807) is 33.8 Å². The van der Waals surface area contributed by atoms with Gasteiger partial charge < -0.3 is 20.8 Å². The molecule has 3 unspecified atom stereocenters. The zero-order valence-electron chi connectivity index (χ0n) is 17.9. The summed E-state index contributed by atoms with van der Waals surface area (Å²) in [6, 6.07) is 1.64. The number of aliphatic hydroxyl groups is 1. The number of anilines is 2. The van der Waals surface area contributed by atoms with Crippen LogP contribution in [-0.2, 0) is 5.41 Å². The molecule has 5 rings (SSSR count). The fraction of sp³-hybridized carbons (Fsp3) is 0.435. The van der Waals surface area contributed by atoms with Gasteiger partial charge in [0.1, 0.15) is 17.6 Å². The standard InChI is InChI=1S/C23H23F4N3O2/c1-9-5-12-15-17(19(9)31)21(3,4)8-22(32,23(25,26)27)20(15)30-14-7-11(24)6-13-16(14)18(12)29-10(2)28-13/h5-7,18,20,30-32H,8H2,1-4H3,(H,28,29). The van der Waals surface area contributed by atoms with Crippen LogP contribution in [0.4, 0.5) is 28.9 Å². The Kier molecular flexibility index (Phi) is 4.05. The monoisotopic (exact) mass is 449 g/mol. The molecule has 2 aromatic rings. The van der Waals surface area contributed by atoms with Crippen LogP contribution in [0.25, 0.3) is 0 Å². The maximum absolute atomic E-state index is 14.4. The molecule has 0 bridgehead atoms. The third-order valence-electron chi connectivity index (χ3n) is 6.86. The van der Waals surface area contributed by atoms with Gasteiger partial charge in [0.15, 0.2) is 5.60 Å². The number of benzene rings is 2. The van der Waals surface area contributed by atoms with Crippen LogP contribution in [0.1, 0.15) is 67.1 Å². The summed E-state index contributed by atoms with van der Waals surface area (Å²) in [4.78, 5) is 4.65. The fourth-order valence-electron chi connectivity index (χ4n) is 5.63. The number of alkyl halides is 3. The van der Waals surface area contributed by atoms with Gasteiger partial charge in [0, 0.05) is 16.8 Å². The average molecular weight is 449 g/mol. The molecule has 9 heteroatoms. The van der Waals surface area contributed by atoms with Crippen molar-refractivity contribution in [1.82, 2.24) is 0 Å². The molecule has 0 aromatic heterocycles. The zero-order chi connectivity index (χ0) is 23.4. The Morgan fingerprint density at radius 2 is 1.75 bits per heavy atom. The van der Waals surface area contributed by atoms with Crippen molar-refractivity contribution in [3.8, 4) is 5.75 Å². The lowest BCUT2D eigenvalue weighted by Gasteiger charge is -2.49. The van der Waals surface area contributed by atoms with E-state index in [2.05, 4.69) is 15.6 Å². The fourth-order valence-corrected chi connectivity index (χ4v) is 5.63. The average Bonchev–Trinajstić information content (AvgIpc) is 2.76. The van der Waals surface area contributed by atoms with E-state index in [9.17, 15) is 27.8 Å². The van der Waals surface area contributed by atoms with Crippen LogP contribution in [0.5, 0.6) is 5.75 Å². The third kappa shape index (κ3) is 2.63. The van der Waals surface area contributed by atoms with Gasteiger partial charge in [-0.15, -0.1) is 0 Å². The predicted octanol–water partition coefficient (Wildman–Crippen LogP) is 5.21. The molecule has 1 aliphatic carbocycles. The smallest absolute Gasteiger partial charge is 0.419 e. The van der Waals surface area contributed by atoms with Gasteiger partial charge in [-0.1, -0.05) is 13.8 Å². The molecular weight excluding hydrogens is 426 g/mol. The summed E-state index contributed by atoms with van der Waals surface area (Å²) in [5, 5.41) is 27.9. The lowest BCUT2D eigenvalue weighted by molar-refractivity contribution is -0.276. The van der Waals surface area contributed by atoms with Crippen LogP contribution in [-0.4, -0.2) is 27.8 Å². The zero-order valence-corrected chi connectivity index (χ0v) is 17.9. The first-order valence-corrected chi connectivity index (χ1v) is 10.3. The van der Waals surface area contributed by atoms with Crippen molar-refractivity contribution in [2.24, 2.45) is 4.99 Å². The summed E-state index contributed by atoms with van der Waals surface area (Å²) in [6.45, 7) is 6.53. The minimum Gasteiger partial charge on any atom is -0.507 e. The van der Waals surface area contributed by atoms with Gasteiger partial charge in [-0.3, -0.25) is 4.99 Å². The number of aliphatic imine (C=N–C) groups is 1. The Bertz CT molecular complexity index is 1200. The van der Waals surface area contributed by atoms with Crippen molar-refractivity contribution in [2.45, 2.75) is 63.4 Å². The predicted molar refractivity (Wildman–Crippen MR) is 113 cm³/mol. The Morgan fingerprint density at radius 1 is 1.09 bits per heavy atom. The highest BCUT2D eigenvalue weighted by molar-refractivity contribution is 5.98. The van der Waals surface area contributed by atoms with Crippen LogP contribution in [0.3, 0.4) is 0 Å². The lowest BCUT2D eigenvalue weighted by atomic mass is 9.61. The highest BCUT2D eigenvalue weighted by atomic mass is 19.4. The summed E-state index contributed by atoms with van der Waals surface area (Å²) < 4.78 is 57.6. The first-order chi connectivity index (χ1) is 14.7. The van der Waals surface area contributed by atoms with E-state index in [0.29, 0.717) is 33.8 Å². The van der Waals surface area contributed by atoms with Gasteiger partial charge in [0.2, 0.25) is 0 Å². The highest BCUT2D eigenvalue weighted by Gasteiger charge is 2.65. The van der Waals surface area contributed by atoms with Crippen LogP contribution < -0.4 is 10.6 Å². The van der Waals surface area contributed by atoms with Crippen molar-refractivity contribution >= 4 is 17.2 Å². The molecular formula is C23H23F4N3O2. The van der Waals surface area contributed by atoms with Gasteiger partial charge >= 0.3 is 6.18 Å². The quantitative estimate of drug-likeness (QED) is 0.416. The van der Waals surface area contributed by atoms with Gasteiger partial charge in [0.05, 0.1) is 17.6 Å². The van der Waals surface area contributed by atoms with E-state index in [1.807, 2.05) is 0 Å². The Morgan fingerprint density at radius 3 is 2.41 bits per heavy atom. The van der Waals surface area contributed by atoms with Crippen molar-refractivity contribution in [3.05, 3.63) is 51.8 Å². The minimum absolute atomic E-state index is 0.100. The summed E-state index contributed by atoms with van der Waals surface area (Å²) in [6.07, 6.45) is -5.65. The van der Waals surface area contributed by atoms with Crippen LogP contribution in [0.2, 0.25) is 0 Å². The molecule has 2 heterocycles. The molecule has 0 amide bonds. The summed E-state index contributed by atoms with van der Waals surface area (Å²) in [7, 11) is 0. The number of aryl methyl sites for hydroxylation is 1. The van der Waals surface area contributed by atoms with Gasteiger partial charge in [0.25, 0.3) is 0 Å². The highest BCUT2D eigenvalue weighted by Crippen LogP contribution is 2.60. The van der Waals surface area contributed by atoms with Crippen molar-refractivity contribution in [1.29, 1.82) is 0 Å². The van der Waals surface area contributed by atoms with Crippen molar-refractivity contribution in [3.63, 3.8) is 0 Å². The number of hydrogen-bond donors (Lipinski definition) is 4. The van der Waals surface area contributed by atoms with E-state index >= 15 is 0 Å². The molecule has 0 saturated carbocycles. The normalized spacial score (nSPS) is 27.3. The van der Waals surface area contributed by atoms with Gasteiger partial charge in [-0.05, 0) is 60.6 Å². The Balaban J connectivity index is 1.94. The van der Waals surface area contributed by atoms with E-state index in [4.69, 9.17) is 0 Å². The number of hydrogen-bond acceptors (Lipinski definition) is 5. The van der Waals surface area contributed by atoms with Crippen LogP contribution in [0.15, 0.2) is 23.2 Å². The SMILES string of the molecule is CC1=NC2c3cc(C)c(O)c4c3C(Nc3cc(F)cc(c32)N1)C(O)(C(F)(F)F)CC4(C)C. The first kappa shape index (κ1) is 21.1. The largest absolute Gasteiger partial charge is 0.507 e. The van der Waals surface area contributed by atoms with Crippen molar-refractivity contribution in [2.75, 3.05) is 10.6 Å². The molecule has 5 nitrogen and oxygen atoms in total. The summed E-state index contributed by atoms with van der Waals surface area (Å²) >= 11 is 0. The summed E-state index contributed by atoms with van der Waals surface area (Å²) in [5.74, 6) is -0.251. The second kappa shape index (κ2) is 6.15. The third-order valence-corrected chi connectivity index (χ3v) is 6.86. The molecule has 3 aliphatic rings. The maximum atomic E-state index is 14.4. The van der Waals surface area contributed by atoms with E-state index in [0.717, 1.165) is 6.07 Å². The van der Waals surface area contributed by atoms with Crippen LogP contribution in [0, 0.1) is 12.7 Å². The van der Waals surface area contributed by atoms with E-state index in [-0.39, 0.29) is 17.0 Å². The van der Waals surface area contributed by atoms with Crippen LogP contribution >= 0.6 is 0 Å². The molecule has 0 radical (unpaired) electrons. The number of rotatable bonds is 0. The Labute approximate surface area is 182 Å². The van der Waals surface area contributed by atoms with E-state index in [1.165, 1.54) is 6.07 Å². The molecule has 32 heavy (non-hydrogen) atoms. The Hall–Kier alpha value is -2.81. The number of nitrogens with zero attached hydrogens (tertiary/aromatic N) is 1. The molecule has 4 N–H and O–H groups in total. The molecule has 170 valence electrons. The first-order valence-electron chi connectivity index (χ1n) is 10.3. The number of aromatic hydroxyl groups is 1. The number of fused-ring (bicyclic) bond motifs is 1. The number of halogens is 4. The lowest BCUT2D eigenvalue weighted by Crippen LogP contribution is -2.58. The second-order valence-electron chi connectivity index (χ2n) is 9.64. The molecule has 0 fully saturated rings. The maximum Gasteiger partial charge on any atom is 0.419 e. The van der Waals surface area contributed by atoms with Gasteiger partial charge in [-0.2, -0.15) is 13.2 Å². The molecule has 0 saturated heterocycles. The number of nitrogens with one attached hydrogen (secondary N) is 2. The minimum atomic E-state index is -4.98. The topological polar surface area (TPSA) is 76.9 Å².